The number of hydrogen-bond acceptors (Lipinski definition) is 1. The van der Waals surface area contributed by atoms with Crippen LogP contribution in [0.4, 0.5) is 0 Å². The molecule has 1 heteroatoms. The van der Waals surface area contributed by atoms with Crippen molar-refractivity contribution >= 4 is 6.08 Å². The molecule has 1 N–H and O–H groups in total. The molecule has 0 spiro atoms. The number of rotatable bonds is 3. The largest absolute Gasteiger partial charge is 0.389 e. The van der Waals surface area contributed by atoms with Crippen LogP contribution in [0.5, 0.6) is 0 Å². The summed E-state index contributed by atoms with van der Waals surface area (Å²) in [7, 11) is 0. The smallest absolute Gasteiger partial charge is 0.0725 e. The average molecular weight is 176 g/mol. The van der Waals surface area contributed by atoms with Gasteiger partial charge in [-0.05, 0) is 24.5 Å². The van der Waals surface area contributed by atoms with Gasteiger partial charge < -0.3 is 5.11 Å². The Hall–Kier alpha value is -1.08. The van der Waals surface area contributed by atoms with E-state index in [9.17, 15) is 5.11 Å². The van der Waals surface area contributed by atoms with Gasteiger partial charge in [-0.3, -0.25) is 0 Å². The second-order valence-electron chi connectivity index (χ2n) is 3.16. The maximum absolute atomic E-state index is 9.41. The Bertz CT molecular complexity index is 272. The predicted molar refractivity (Wildman–Crippen MR) is 56.4 cm³/mol. The van der Waals surface area contributed by atoms with Crippen LogP contribution in [0.25, 0.3) is 6.08 Å². The van der Waals surface area contributed by atoms with E-state index in [0.717, 1.165) is 17.6 Å². The van der Waals surface area contributed by atoms with Crippen molar-refractivity contribution in [1.82, 2.24) is 0 Å². The molecule has 0 bridgehead atoms. The first-order valence-corrected chi connectivity index (χ1v) is 4.67. The minimum absolute atomic E-state index is 0.342. The summed E-state index contributed by atoms with van der Waals surface area (Å²) in [5.41, 5.74) is 2.23. The van der Waals surface area contributed by atoms with Gasteiger partial charge in [-0.2, -0.15) is 0 Å². The summed E-state index contributed by atoms with van der Waals surface area (Å²) in [5, 5.41) is 9.41. The zero-order valence-corrected chi connectivity index (χ0v) is 8.20. The van der Waals surface area contributed by atoms with Crippen molar-refractivity contribution in [3.05, 3.63) is 41.5 Å². The fourth-order valence-corrected chi connectivity index (χ4v) is 1.28. The van der Waals surface area contributed by atoms with Crippen LogP contribution in [0, 0.1) is 0 Å². The lowest BCUT2D eigenvalue weighted by Gasteiger charge is -2.07. The molecule has 0 amide bonds. The first kappa shape index (κ1) is 10.0. The van der Waals surface area contributed by atoms with Crippen molar-refractivity contribution in [3.8, 4) is 0 Å². The van der Waals surface area contributed by atoms with Gasteiger partial charge in [0.15, 0.2) is 0 Å². The molecule has 0 aliphatic heterocycles. The van der Waals surface area contributed by atoms with Crippen LogP contribution in [0.2, 0.25) is 0 Å². The Kier molecular flexibility index (Phi) is 3.71. The van der Waals surface area contributed by atoms with Crippen molar-refractivity contribution < 1.29 is 5.11 Å². The SMILES string of the molecule is CC/C(=C/c1ccccc1)[C@H](C)O. The van der Waals surface area contributed by atoms with Gasteiger partial charge in [-0.1, -0.05) is 43.3 Å². The molecule has 13 heavy (non-hydrogen) atoms. The molecule has 0 aliphatic rings. The van der Waals surface area contributed by atoms with Crippen molar-refractivity contribution in [2.45, 2.75) is 26.4 Å². The summed E-state index contributed by atoms with van der Waals surface area (Å²) in [6, 6.07) is 10.1. The summed E-state index contributed by atoms with van der Waals surface area (Å²) >= 11 is 0. The Balaban J connectivity index is 2.85. The summed E-state index contributed by atoms with van der Waals surface area (Å²) in [4.78, 5) is 0. The van der Waals surface area contributed by atoms with Crippen molar-refractivity contribution in [1.29, 1.82) is 0 Å². The first-order chi connectivity index (χ1) is 6.24. The number of benzene rings is 1. The molecule has 1 atom stereocenters. The average Bonchev–Trinajstić information content (AvgIpc) is 2.15. The Morgan fingerprint density at radius 2 is 2.00 bits per heavy atom. The van der Waals surface area contributed by atoms with Gasteiger partial charge >= 0.3 is 0 Å². The zero-order chi connectivity index (χ0) is 9.68. The third-order valence-electron chi connectivity index (χ3n) is 2.10. The van der Waals surface area contributed by atoms with E-state index in [1.807, 2.05) is 36.4 Å². The maximum Gasteiger partial charge on any atom is 0.0725 e. The first-order valence-electron chi connectivity index (χ1n) is 4.67. The van der Waals surface area contributed by atoms with E-state index >= 15 is 0 Å². The molecule has 1 rings (SSSR count). The molecule has 0 saturated carbocycles. The van der Waals surface area contributed by atoms with E-state index in [1.165, 1.54) is 0 Å². The summed E-state index contributed by atoms with van der Waals surface area (Å²) in [6.45, 7) is 3.86. The van der Waals surface area contributed by atoms with Crippen molar-refractivity contribution in [2.75, 3.05) is 0 Å². The molecular formula is C12H16O. The Morgan fingerprint density at radius 3 is 2.46 bits per heavy atom. The molecule has 1 nitrogen and oxygen atoms in total. The molecule has 70 valence electrons. The van der Waals surface area contributed by atoms with Crippen LogP contribution in [0.15, 0.2) is 35.9 Å². The van der Waals surface area contributed by atoms with E-state index in [1.54, 1.807) is 6.92 Å². The van der Waals surface area contributed by atoms with Crippen LogP contribution in [-0.2, 0) is 0 Å². The monoisotopic (exact) mass is 176 g/mol. The van der Waals surface area contributed by atoms with Crippen molar-refractivity contribution in [2.24, 2.45) is 0 Å². The van der Waals surface area contributed by atoms with Crippen LogP contribution in [0.3, 0.4) is 0 Å². The van der Waals surface area contributed by atoms with Gasteiger partial charge in [0.05, 0.1) is 6.10 Å². The second-order valence-corrected chi connectivity index (χ2v) is 3.16. The van der Waals surface area contributed by atoms with Crippen LogP contribution in [-0.4, -0.2) is 11.2 Å². The van der Waals surface area contributed by atoms with E-state index in [2.05, 4.69) is 6.92 Å². The molecular weight excluding hydrogens is 160 g/mol. The van der Waals surface area contributed by atoms with Gasteiger partial charge in [0.2, 0.25) is 0 Å². The number of hydrogen-bond donors (Lipinski definition) is 1. The molecule has 0 aliphatic carbocycles. The Labute approximate surface area is 79.7 Å². The fraction of sp³-hybridized carbons (Fsp3) is 0.333. The van der Waals surface area contributed by atoms with E-state index < -0.39 is 0 Å². The predicted octanol–water partition coefficient (Wildman–Crippen LogP) is 2.86. The van der Waals surface area contributed by atoms with Gasteiger partial charge in [-0.25, -0.2) is 0 Å². The maximum atomic E-state index is 9.41. The fourth-order valence-electron chi connectivity index (χ4n) is 1.28. The summed E-state index contributed by atoms with van der Waals surface area (Å²) < 4.78 is 0. The Morgan fingerprint density at radius 1 is 1.38 bits per heavy atom. The highest BCUT2D eigenvalue weighted by Crippen LogP contribution is 2.12. The van der Waals surface area contributed by atoms with Crippen LogP contribution < -0.4 is 0 Å². The minimum atomic E-state index is -0.342. The lowest BCUT2D eigenvalue weighted by molar-refractivity contribution is 0.229. The minimum Gasteiger partial charge on any atom is -0.389 e. The van der Waals surface area contributed by atoms with E-state index in [0.29, 0.717) is 0 Å². The zero-order valence-electron chi connectivity index (χ0n) is 8.20. The van der Waals surface area contributed by atoms with E-state index in [4.69, 9.17) is 0 Å². The molecule has 0 fully saturated rings. The standard InChI is InChI=1S/C12H16O/c1-3-12(10(2)13)9-11-7-5-4-6-8-11/h4-10,13H,3H2,1-2H3/b12-9-/t10-/m0/s1. The van der Waals surface area contributed by atoms with Gasteiger partial charge in [-0.15, -0.1) is 0 Å². The second kappa shape index (κ2) is 4.83. The summed E-state index contributed by atoms with van der Waals surface area (Å²) in [5.74, 6) is 0. The highest BCUT2D eigenvalue weighted by atomic mass is 16.3. The molecule has 0 unspecified atom stereocenters. The number of aliphatic hydroxyl groups is 1. The highest BCUT2D eigenvalue weighted by molar-refractivity contribution is 5.53. The van der Waals surface area contributed by atoms with Crippen LogP contribution in [0.1, 0.15) is 25.8 Å². The van der Waals surface area contributed by atoms with Crippen LogP contribution >= 0.6 is 0 Å². The van der Waals surface area contributed by atoms with Gasteiger partial charge in [0, 0.05) is 0 Å². The number of aliphatic hydroxyl groups excluding tert-OH is 1. The molecule has 0 aromatic heterocycles. The third kappa shape index (κ3) is 3.03. The van der Waals surface area contributed by atoms with E-state index in [-0.39, 0.29) is 6.10 Å². The van der Waals surface area contributed by atoms with Gasteiger partial charge in [0.1, 0.15) is 0 Å². The van der Waals surface area contributed by atoms with Crippen molar-refractivity contribution in [3.63, 3.8) is 0 Å². The molecule has 0 radical (unpaired) electrons. The normalized spacial score (nSPS) is 14.2. The third-order valence-corrected chi connectivity index (χ3v) is 2.10. The summed E-state index contributed by atoms with van der Waals surface area (Å²) in [6.07, 6.45) is 2.60. The lowest BCUT2D eigenvalue weighted by Crippen LogP contribution is -2.02. The molecule has 1 aromatic rings. The molecule has 0 saturated heterocycles. The molecule has 1 aromatic carbocycles. The topological polar surface area (TPSA) is 20.2 Å². The van der Waals surface area contributed by atoms with Gasteiger partial charge in [0.25, 0.3) is 0 Å². The molecule has 0 heterocycles. The highest BCUT2D eigenvalue weighted by Gasteiger charge is 2.01. The quantitative estimate of drug-likeness (QED) is 0.750. The lowest BCUT2D eigenvalue weighted by atomic mass is 10.0.